The monoisotopic (exact) mass is 376 g/mol. The third-order valence-electron chi connectivity index (χ3n) is 5.28. The maximum Gasteiger partial charge on any atom is 0.128 e. The average molecular weight is 376 g/mol. The zero-order valence-corrected chi connectivity index (χ0v) is 15.9. The van der Waals surface area contributed by atoms with Crippen molar-refractivity contribution in [2.75, 3.05) is 36.8 Å². The van der Waals surface area contributed by atoms with Gasteiger partial charge in [0.2, 0.25) is 0 Å². The molecule has 144 valence electrons. The summed E-state index contributed by atoms with van der Waals surface area (Å²) in [5.74, 6) is 2.84. The fourth-order valence-corrected chi connectivity index (χ4v) is 3.92. The molecular weight excluding hydrogens is 352 g/mol. The Labute approximate surface area is 164 Å². The molecule has 0 amide bonds. The number of nitrogens with one attached hydrogen (secondary N) is 4. The van der Waals surface area contributed by atoms with Crippen LogP contribution in [0.15, 0.2) is 57.1 Å². The van der Waals surface area contributed by atoms with E-state index in [1.165, 1.54) is 0 Å². The molecule has 1 atom stereocenters. The quantitative estimate of drug-likeness (QED) is 0.644. The highest BCUT2D eigenvalue weighted by molar-refractivity contribution is 6.26. The van der Waals surface area contributed by atoms with Crippen molar-refractivity contribution in [2.45, 2.75) is 19.0 Å². The molecule has 4 N–H and O–H groups in total. The van der Waals surface area contributed by atoms with E-state index in [1.807, 2.05) is 12.1 Å². The minimum Gasteiger partial charge on any atom is -0.467 e. The van der Waals surface area contributed by atoms with E-state index in [2.05, 4.69) is 62.5 Å². The van der Waals surface area contributed by atoms with E-state index < -0.39 is 0 Å². The summed E-state index contributed by atoms with van der Waals surface area (Å²) in [7, 11) is 0. The van der Waals surface area contributed by atoms with E-state index in [0.717, 1.165) is 66.1 Å². The van der Waals surface area contributed by atoms with E-state index in [0.29, 0.717) is 6.54 Å². The Bertz CT molecular complexity index is 975. The molecule has 3 aliphatic heterocycles. The lowest BCUT2D eigenvalue weighted by molar-refractivity contribution is 0.518. The van der Waals surface area contributed by atoms with Crippen LogP contribution >= 0.6 is 0 Å². The van der Waals surface area contributed by atoms with Gasteiger partial charge < -0.3 is 25.7 Å². The first kappa shape index (κ1) is 16.9. The molecule has 4 heterocycles. The highest BCUT2D eigenvalue weighted by Gasteiger charge is 2.36. The lowest BCUT2D eigenvalue weighted by Gasteiger charge is -2.35. The van der Waals surface area contributed by atoms with E-state index in [9.17, 15) is 0 Å². The van der Waals surface area contributed by atoms with Crippen LogP contribution in [0.3, 0.4) is 0 Å². The smallest absolute Gasteiger partial charge is 0.128 e. The number of rotatable bonds is 5. The average Bonchev–Trinajstić information content (AvgIpc) is 3.49. The van der Waals surface area contributed by atoms with Gasteiger partial charge in [0, 0.05) is 35.6 Å². The Morgan fingerprint density at radius 3 is 2.79 bits per heavy atom. The summed E-state index contributed by atoms with van der Waals surface area (Å²) in [6, 6.07) is 10.3. The molecule has 1 aromatic heterocycles. The van der Waals surface area contributed by atoms with Crippen molar-refractivity contribution in [2.24, 2.45) is 9.98 Å². The molecule has 28 heavy (non-hydrogen) atoms. The van der Waals surface area contributed by atoms with Crippen LogP contribution in [0, 0.1) is 0 Å². The Balaban J connectivity index is 1.50. The van der Waals surface area contributed by atoms with Crippen LogP contribution in [0.5, 0.6) is 0 Å². The van der Waals surface area contributed by atoms with Gasteiger partial charge in [0.25, 0.3) is 0 Å². The SMILES string of the molecule is CC1(C2=NCCN2)C=C(C2=NCCN2)c2cc(NCc3ccco3)ccc2N1. The second-order valence-corrected chi connectivity index (χ2v) is 7.39. The Morgan fingerprint density at radius 2 is 2.04 bits per heavy atom. The van der Waals surface area contributed by atoms with Gasteiger partial charge in [-0.2, -0.15) is 0 Å². The van der Waals surface area contributed by atoms with Crippen LogP contribution in [0.1, 0.15) is 18.2 Å². The molecular formula is C21H24N6O. The number of hydrogen-bond acceptors (Lipinski definition) is 7. The summed E-state index contributed by atoms with van der Waals surface area (Å²) in [6.45, 7) is 6.19. The number of fused-ring (bicyclic) bond motifs is 1. The van der Waals surface area contributed by atoms with Gasteiger partial charge in [0.05, 0.1) is 25.9 Å². The van der Waals surface area contributed by atoms with Crippen molar-refractivity contribution < 1.29 is 4.42 Å². The molecule has 1 unspecified atom stereocenters. The first-order chi connectivity index (χ1) is 13.7. The Kier molecular flexibility index (Phi) is 4.07. The van der Waals surface area contributed by atoms with Gasteiger partial charge in [-0.3, -0.25) is 9.98 Å². The van der Waals surface area contributed by atoms with Gasteiger partial charge in [0.1, 0.15) is 23.0 Å². The van der Waals surface area contributed by atoms with Gasteiger partial charge in [-0.1, -0.05) is 0 Å². The van der Waals surface area contributed by atoms with Crippen LogP contribution in [0.4, 0.5) is 11.4 Å². The lowest BCUT2D eigenvalue weighted by Crippen LogP contribution is -2.49. The molecule has 7 nitrogen and oxygen atoms in total. The van der Waals surface area contributed by atoms with Gasteiger partial charge in [0.15, 0.2) is 0 Å². The highest BCUT2D eigenvalue weighted by Crippen LogP contribution is 2.37. The van der Waals surface area contributed by atoms with Crippen molar-refractivity contribution in [3.63, 3.8) is 0 Å². The van der Waals surface area contributed by atoms with Crippen molar-refractivity contribution in [3.05, 3.63) is 54.0 Å². The summed E-state index contributed by atoms with van der Waals surface area (Å²) in [4.78, 5) is 9.34. The molecule has 2 aromatic rings. The fraction of sp³-hybridized carbons (Fsp3) is 0.333. The first-order valence-electron chi connectivity index (χ1n) is 9.70. The molecule has 0 radical (unpaired) electrons. The summed E-state index contributed by atoms with van der Waals surface area (Å²) in [6.07, 6.45) is 3.93. The molecule has 5 rings (SSSR count). The topological polar surface area (TPSA) is 86.0 Å². The number of aliphatic imine (C=N–C) groups is 2. The molecule has 0 spiro atoms. The first-order valence-corrected chi connectivity index (χ1v) is 9.70. The molecule has 7 heteroatoms. The standard InChI is InChI=1S/C21H24N6O/c1-21(20-24-8-9-25-20)12-17(19-22-6-7-23-19)16-11-14(4-5-18(16)27-21)26-13-15-3-2-10-28-15/h2-5,10-12,26-27H,6-9,13H2,1H3,(H,22,23)(H,24,25). The number of hydrogen-bond donors (Lipinski definition) is 4. The predicted molar refractivity (Wildman–Crippen MR) is 113 cm³/mol. The van der Waals surface area contributed by atoms with Crippen molar-refractivity contribution in [1.29, 1.82) is 0 Å². The second-order valence-electron chi connectivity index (χ2n) is 7.39. The van der Waals surface area contributed by atoms with E-state index in [-0.39, 0.29) is 5.54 Å². The fourth-order valence-electron chi connectivity index (χ4n) is 3.92. The second kappa shape index (κ2) is 6.74. The van der Waals surface area contributed by atoms with Crippen LogP contribution in [-0.4, -0.2) is 43.4 Å². The molecule has 0 saturated carbocycles. The Morgan fingerprint density at radius 1 is 1.14 bits per heavy atom. The van der Waals surface area contributed by atoms with Crippen LogP contribution in [-0.2, 0) is 6.54 Å². The van der Waals surface area contributed by atoms with Crippen molar-refractivity contribution in [3.8, 4) is 0 Å². The number of amidine groups is 2. The van der Waals surface area contributed by atoms with Gasteiger partial charge in [-0.05, 0) is 43.3 Å². The summed E-state index contributed by atoms with van der Waals surface area (Å²) in [5.41, 5.74) is 3.99. The summed E-state index contributed by atoms with van der Waals surface area (Å²) >= 11 is 0. The van der Waals surface area contributed by atoms with Crippen LogP contribution in [0.25, 0.3) is 5.57 Å². The third kappa shape index (κ3) is 3.02. The normalized spacial score (nSPS) is 23.0. The van der Waals surface area contributed by atoms with E-state index in [1.54, 1.807) is 6.26 Å². The minimum absolute atomic E-state index is 0.380. The number of anilines is 2. The molecule has 0 aliphatic carbocycles. The minimum atomic E-state index is -0.380. The third-order valence-corrected chi connectivity index (χ3v) is 5.28. The zero-order chi connectivity index (χ0) is 19.0. The maximum absolute atomic E-state index is 5.42. The molecule has 0 fully saturated rings. The van der Waals surface area contributed by atoms with Gasteiger partial charge in [-0.25, -0.2) is 0 Å². The van der Waals surface area contributed by atoms with Crippen LogP contribution in [0.2, 0.25) is 0 Å². The van der Waals surface area contributed by atoms with Gasteiger partial charge >= 0.3 is 0 Å². The largest absolute Gasteiger partial charge is 0.467 e. The summed E-state index contributed by atoms with van der Waals surface area (Å²) in [5, 5.41) is 13.9. The number of benzene rings is 1. The highest BCUT2D eigenvalue weighted by atomic mass is 16.3. The van der Waals surface area contributed by atoms with Crippen LogP contribution < -0.4 is 21.3 Å². The maximum atomic E-state index is 5.42. The molecule has 3 aliphatic rings. The lowest BCUT2D eigenvalue weighted by atomic mass is 9.87. The van der Waals surface area contributed by atoms with Crippen molar-refractivity contribution in [1.82, 2.24) is 10.6 Å². The number of nitrogens with zero attached hydrogens (tertiary/aromatic N) is 2. The van der Waals surface area contributed by atoms with Gasteiger partial charge in [-0.15, -0.1) is 0 Å². The van der Waals surface area contributed by atoms with E-state index in [4.69, 9.17) is 4.42 Å². The summed E-state index contributed by atoms with van der Waals surface area (Å²) < 4.78 is 5.42. The molecule has 0 bridgehead atoms. The zero-order valence-electron chi connectivity index (χ0n) is 15.9. The van der Waals surface area contributed by atoms with E-state index >= 15 is 0 Å². The van der Waals surface area contributed by atoms with Crippen molar-refractivity contribution >= 4 is 28.6 Å². The molecule has 0 saturated heterocycles. The number of furan rings is 1. The Hall–Kier alpha value is -3.22. The molecule has 1 aromatic carbocycles. The predicted octanol–water partition coefficient (Wildman–Crippen LogP) is 2.46.